The average molecular weight is 338 g/mol. The number of carbonyl (C=O) groups excluding carboxylic acids is 1. The predicted molar refractivity (Wildman–Crippen MR) is 99.4 cm³/mol. The van der Waals surface area contributed by atoms with E-state index in [2.05, 4.69) is 17.0 Å². The van der Waals surface area contributed by atoms with Gasteiger partial charge in [-0.2, -0.15) is 0 Å². The maximum atomic E-state index is 12.5. The van der Waals surface area contributed by atoms with Gasteiger partial charge in [-0.1, -0.05) is 60.7 Å². The van der Waals surface area contributed by atoms with Crippen LogP contribution in [0.2, 0.25) is 0 Å². The monoisotopic (exact) mass is 338 g/mol. The van der Waals surface area contributed by atoms with E-state index in [1.54, 1.807) is 4.90 Å². The van der Waals surface area contributed by atoms with E-state index in [1.165, 1.54) is 12.0 Å². The Balaban J connectivity index is 1.55. The molecule has 0 saturated carbocycles. The maximum Gasteiger partial charge on any atom is 0.410 e. The summed E-state index contributed by atoms with van der Waals surface area (Å²) in [6.45, 7) is 4.79. The van der Waals surface area contributed by atoms with Crippen molar-refractivity contribution in [3.63, 3.8) is 0 Å². The lowest BCUT2D eigenvalue weighted by Crippen LogP contribution is -2.40. The SMILES string of the molecule is O=C(OCCN1CCC1)N(CCc1ccccc1)Cc1ccccc1. The molecule has 132 valence electrons. The van der Waals surface area contributed by atoms with Crippen LogP contribution in [0.15, 0.2) is 60.7 Å². The van der Waals surface area contributed by atoms with Gasteiger partial charge < -0.3 is 9.64 Å². The number of rotatable bonds is 8. The molecule has 0 spiro atoms. The molecule has 0 aromatic heterocycles. The second-order valence-electron chi connectivity index (χ2n) is 6.45. The molecule has 3 rings (SSSR count). The molecule has 25 heavy (non-hydrogen) atoms. The van der Waals surface area contributed by atoms with Gasteiger partial charge in [-0.05, 0) is 37.1 Å². The highest BCUT2D eigenvalue weighted by Crippen LogP contribution is 2.10. The van der Waals surface area contributed by atoms with Gasteiger partial charge in [0.2, 0.25) is 0 Å². The van der Waals surface area contributed by atoms with E-state index in [0.717, 1.165) is 31.6 Å². The lowest BCUT2D eigenvalue weighted by atomic mass is 10.1. The molecule has 1 amide bonds. The van der Waals surface area contributed by atoms with Gasteiger partial charge in [0.15, 0.2) is 0 Å². The third-order valence-corrected chi connectivity index (χ3v) is 4.57. The molecule has 4 nitrogen and oxygen atoms in total. The van der Waals surface area contributed by atoms with Gasteiger partial charge >= 0.3 is 6.09 Å². The summed E-state index contributed by atoms with van der Waals surface area (Å²) in [5.41, 5.74) is 2.35. The highest BCUT2D eigenvalue weighted by molar-refractivity contribution is 5.67. The second-order valence-corrected chi connectivity index (χ2v) is 6.45. The van der Waals surface area contributed by atoms with Crippen molar-refractivity contribution in [2.75, 3.05) is 32.8 Å². The number of likely N-dealkylation sites (tertiary alicyclic amines) is 1. The first-order valence-corrected chi connectivity index (χ1v) is 9.03. The number of nitrogens with zero attached hydrogens (tertiary/aromatic N) is 2. The number of amides is 1. The van der Waals surface area contributed by atoms with Gasteiger partial charge in [-0.25, -0.2) is 4.79 Å². The molecule has 1 fully saturated rings. The predicted octanol–water partition coefficient (Wildman–Crippen LogP) is 3.57. The Labute approximate surface area is 150 Å². The van der Waals surface area contributed by atoms with Gasteiger partial charge in [-0.15, -0.1) is 0 Å². The lowest BCUT2D eigenvalue weighted by Gasteiger charge is -2.30. The van der Waals surface area contributed by atoms with E-state index in [1.807, 2.05) is 48.5 Å². The Morgan fingerprint density at radius 1 is 0.960 bits per heavy atom. The van der Waals surface area contributed by atoms with Crippen molar-refractivity contribution >= 4 is 6.09 Å². The maximum absolute atomic E-state index is 12.5. The summed E-state index contributed by atoms with van der Waals surface area (Å²) >= 11 is 0. The van der Waals surface area contributed by atoms with E-state index in [0.29, 0.717) is 19.7 Å². The summed E-state index contributed by atoms with van der Waals surface area (Å²) in [5, 5.41) is 0. The Morgan fingerprint density at radius 3 is 2.20 bits per heavy atom. The van der Waals surface area contributed by atoms with E-state index in [9.17, 15) is 4.79 Å². The molecule has 0 N–H and O–H groups in total. The van der Waals surface area contributed by atoms with E-state index >= 15 is 0 Å². The van der Waals surface area contributed by atoms with Crippen LogP contribution in [0.3, 0.4) is 0 Å². The highest BCUT2D eigenvalue weighted by Gasteiger charge is 2.18. The third kappa shape index (κ3) is 5.61. The molecular formula is C21H26N2O2. The Kier molecular flexibility index (Phi) is 6.46. The fourth-order valence-electron chi connectivity index (χ4n) is 2.91. The largest absolute Gasteiger partial charge is 0.448 e. The number of hydrogen-bond donors (Lipinski definition) is 0. The molecule has 1 aliphatic heterocycles. The first kappa shape index (κ1) is 17.5. The fraction of sp³-hybridized carbons (Fsp3) is 0.381. The summed E-state index contributed by atoms with van der Waals surface area (Å²) < 4.78 is 5.52. The molecule has 0 atom stereocenters. The second kappa shape index (κ2) is 9.23. The van der Waals surface area contributed by atoms with Crippen molar-refractivity contribution in [1.82, 2.24) is 9.80 Å². The number of hydrogen-bond acceptors (Lipinski definition) is 3. The number of carbonyl (C=O) groups is 1. The van der Waals surface area contributed by atoms with Crippen LogP contribution in [-0.2, 0) is 17.7 Å². The van der Waals surface area contributed by atoms with Gasteiger partial charge in [0, 0.05) is 19.6 Å². The Morgan fingerprint density at radius 2 is 1.60 bits per heavy atom. The molecule has 2 aromatic rings. The molecule has 4 heteroatoms. The third-order valence-electron chi connectivity index (χ3n) is 4.57. The van der Waals surface area contributed by atoms with Gasteiger partial charge in [-0.3, -0.25) is 4.90 Å². The van der Waals surface area contributed by atoms with Crippen LogP contribution in [0.1, 0.15) is 17.5 Å². The van der Waals surface area contributed by atoms with Crippen LogP contribution in [0.25, 0.3) is 0 Å². The quantitative estimate of drug-likeness (QED) is 0.738. The minimum absolute atomic E-state index is 0.222. The van der Waals surface area contributed by atoms with E-state index in [4.69, 9.17) is 4.74 Å². The summed E-state index contributed by atoms with van der Waals surface area (Å²) in [5.74, 6) is 0. The minimum atomic E-state index is -0.222. The first-order valence-electron chi connectivity index (χ1n) is 9.03. The minimum Gasteiger partial charge on any atom is -0.448 e. The van der Waals surface area contributed by atoms with Crippen LogP contribution < -0.4 is 0 Å². The van der Waals surface area contributed by atoms with Crippen LogP contribution in [0.5, 0.6) is 0 Å². The molecule has 0 bridgehead atoms. The summed E-state index contributed by atoms with van der Waals surface area (Å²) in [7, 11) is 0. The van der Waals surface area contributed by atoms with Crippen molar-refractivity contribution in [3.05, 3.63) is 71.8 Å². The molecular weight excluding hydrogens is 312 g/mol. The van der Waals surface area contributed by atoms with Crippen LogP contribution >= 0.6 is 0 Å². The first-order chi connectivity index (χ1) is 12.3. The van der Waals surface area contributed by atoms with Crippen LogP contribution in [0, 0.1) is 0 Å². The van der Waals surface area contributed by atoms with Gasteiger partial charge in [0.25, 0.3) is 0 Å². The highest BCUT2D eigenvalue weighted by atomic mass is 16.6. The zero-order valence-electron chi connectivity index (χ0n) is 14.6. The zero-order chi connectivity index (χ0) is 17.3. The van der Waals surface area contributed by atoms with Crippen molar-refractivity contribution in [2.45, 2.75) is 19.4 Å². The van der Waals surface area contributed by atoms with Crippen molar-refractivity contribution < 1.29 is 9.53 Å². The molecule has 1 saturated heterocycles. The fourth-order valence-corrected chi connectivity index (χ4v) is 2.91. The van der Waals surface area contributed by atoms with Gasteiger partial charge in [0.05, 0.1) is 0 Å². The zero-order valence-corrected chi connectivity index (χ0v) is 14.6. The van der Waals surface area contributed by atoms with E-state index < -0.39 is 0 Å². The van der Waals surface area contributed by atoms with E-state index in [-0.39, 0.29) is 6.09 Å². The normalized spacial score (nSPS) is 13.9. The molecule has 0 radical (unpaired) electrons. The van der Waals surface area contributed by atoms with Crippen LogP contribution in [-0.4, -0.2) is 48.7 Å². The number of ether oxygens (including phenoxy) is 1. The molecule has 1 heterocycles. The van der Waals surface area contributed by atoms with Crippen LogP contribution in [0.4, 0.5) is 4.79 Å². The summed E-state index contributed by atoms with van der Waals surface area (Å²) in [6.07, 6.45) is 1.86. The molecule has 2 aromatic carbocycles. The molecule has 0 unspecified atom stereocenters. The standard InChI is InChI=1S/C21H26N2O2/c24-21(25-17-16-22-13-7-14-22)23(18-20-10-5-2-6-11-20)15-12-19-8-3-1-4-9-19/h1-6,8-11H,7,12-18H2. The van der Waals surface area contributed by atoms with Gasteiger partial charge in [0.1, 0.15) is 6.61 Å². The van der Waals surface area contributed by atoms with Crippen molar-refractivity contribution in [2.24, 2.45) is 0 Å². The summed E-state index contributed by atoms with van der Waals surface area (Å²) in [4.78, 5) is 16.7. The van der Waals surface area contributed by atoms with Crippen molar-refractivity contribution in [1.29, 1.82) is 0 Å². The van der Waals surface area contributed by atoms with Crippen molar-refractivity contribution in [3.8, 4) is 0 Å². The Hall–Kier alpha value is -2.33. The number of benzene rings is 2. The molecule has 1 aliphatic rings. The Bertz CT molecular complexity index is 641. The topological polar surface area (TPSA) is 32.8 Å². The molecule has 0 aliphatic carbocycles. The lowest BCUT2D eigenvalue weighted by molar-refractivity contribution is 0.0768. The summed E-state index contributed by atoms with van der Waals surface area (Å²) in [6, 6.07) is 20.3. The average Bonchev–Trinajstić information content (AvgIpc) is 2.62. The smallest absolute Gasteiger partial charge is 0.410 e.